The van der Waals surface area contributed by atoms with Crippen LogP contribution in [0.15, 0.2) is 60.7 Å². The Morgan fingerprint density at radius 3 is 1.53 bits per heavy atom. The fourth-order valence-corrected chi connectivity index (χ4v) is 8.37. The van der Waals surface area contributed by atoms with Crippen molar-refractivity contribution in [2.75, 3.05) is 0 Å². The first-order chi connectivity index (χ1) is 16.6. The molecular weight excluding hydrogens is 501 g/mol. The van der Waals surface area contributed by atoms with Gasteiger partial charge in [0.05, 0.1) is 12.1 Å². The third-order valence-electron chi connectivity index (χ3n) is 5.89. The molecule has 6 nitrogen and oxygen atoms in total. The van der Waals surface area contributed by atoms with Gasteiger partial charge in [-0.15, -0.1) is 0 Å². The Bertz CT molecular complexity index is 1050. The van der Waals surface area contributed by atoms with Crippen molar-refractivity contribution < 1.29 is 18.4 Å². The van der Waals surface area contributed by atoms with Gasteiger partial charge in [0.1, 0.15) is 12.2 Å². The molecule has 2 aromatic rings. The lowest BCUT2D eigenvalue weighted by atomic mass is 9.94. The summed E-state index contributed by atoms with van der Waals surface area (Å²) in [5, 5.41) is 2.89. The SMILES string of the molecule is C[Si](C)(C)O[C@H]1C(=O)N([Si](C)(C)C)[C@H]1c1ccccc1.C[Si](C)(C)O[C@H]1C(=O)N[C@H]1c1ccccc1. The molecule has 1 N–H and O–H groups in total. The largest absolute Gasteiger partial charge is 0.404 e. The zero-order valence-corrected chi connectivity index (χ0v) is 26.2. The van der Waals surface area contributed by atoms with Gasteiger partial charge in [-0.05, 0) is 50.4 Å². The molecule has 0 saturated carbocycles. The van der Waals surface area contributed by atoms with Crippen LogP contribution in [0.5, 0.6) is 0 Å². The molecule has 2 heterocycles. The van der Waals surface area contributed by atoms with Gasteiger partial charge in [0, 0.05) is 0 Å². The predicted octanol–water partition coefficient (Wildman–Crippen LogP) is 5.70. The number of nitrogens with one attached hydrogen (secondary N) is 1. The van der Waals surface area contributed by atoms with Gasteiger partial charge in [-0.3, -0.25) is 9.59 Å². The average Bonchev–Trinajstić information content (AvgIpc) is 2.77. The lowest BCUT2D eigenvalue weighted by Crippen LogP contribution is -2.69. The van der Waals surface area contributed by atoms with E-state index in [0.717, 1.165) is 5.56 Å². The molecule has 2 fully saturated rings. The number of benzene rings is 2. The van der Waals surface area contributed by atoms with Crippen LogP contribution < -0.4 is 5.32 Å². The van der Waals surface area contributed by atoms with Crippen LogP contribution in [-0.2, 0) is 18.4 Å². The van der Waals surface area contributed by atoms with Crippen molar-refractivity contribution in [1.82, 2.24) is 9.88 Å². The lowest BCUT2D eigenvalue weighted by molar-refractivity contribution is -0.155. The van der Waals surface area contributed by atoms with Gasteiger partial charge in [0.25, 0.3) is 5.91 Å². The van der Waals surface area contributed by atoms with Crippen molar-refractivity contribution in [2.24, 2.45) is 0 Å². The van der Waals surface area contributed by atoms with Crippen LogP contribution in [-0.4, -0.2) is 53.5 Å². The van der Waals surface area contributed by atoms with Crippen LogP contribution in [0, 0.1) is 0 Å². The molecule has 4 rings (SSSR count). The molecular formula is C27H42N2O4Si3. The Labute approximate surface area is 219 Å². The molecule has 0 unspecified atom stereocenters. The van der Waals surface area contributed by atoms with E-state index in [1.807, 2.05) is 48.5 Å². The van der Waals surface area contributed by atoms with Crippen molar-refractivity contribution in [3.63, 3.8) is 0 Å². The normalized spacial score (nSPS) is 24.2. The van der Waals surface area contributed by atoms with E-state index in [9.17, 15) is 9.59 Å². The summed E-state index contributed by atoms with van der Waals surface area (Å²) in [5.74, 6) is 0.191. The average molecular weight is 543 g/mol. The highest BCUT2D eigenvalue weighted by atomic mass is 28.4. The quantitative estimate of drug-likeness (QED) is 0.360. The number of β-lactam (4-membered cyclic amide) rings is 2. The van der Waals surface area contributed by atoms with E-state index in [4.69, 9.17) is 8.85 Å². The highest BCUT2D eigenvalue weighted by molar-refractivity contribution is 6.76. The summed E-state index contributed by atoms with van der Waals surface area (Å²) in [6.07, 6.45) is -0.579. The third-order valence-corrected chi connectivity index (χ3v) is 9.75. The summed E-state index contributed by atoms with van der Waals surface area (Å²) in [6.45, 7) is 19.4. The summed E-state index contributed by atoms with van der Waals surface area (Å²) in [7, 11) is -5.08. The number of carbonyl (C=O) groups is 2. The minimum absolute atomic E-state index is 0.0104. The molecule has 2 aliphatic heterocycles. The smallest absolute Gasteiger partial charge is 0.251 e. The van der Waals surface area contributed by atoms with Crippen molar-refractivity contribution >= 4 is 36.7 Å². The molecule has 2 saturated heterocycles. The fourth-order valence-electron chi connectivity index (χ4n) is 4.47. The highest BCUT2D eigenvalue weighted by Gasteiger charge is 2.54. The van der Waals surface area contributed by atoms with E-state index in [1.54, 1.807) is 0 Å². The molecule has 0 bridgehead atoms. The van der Waals surface area contributed by atoms with Crippen molar-refractivity contribution in [3.05, 3.63) is 71.8 Å². The third kappa shape index (κ3) is 7.04. The van der Waals surface area contributed by atoms with E-state index in [-0.39, 0.29) is 36.1 Å². The van der Waals surface area contributed by atoms with Gasteiger partial charge in [-0.2, -0.15) is 0 Å². The molecule has 0 aliphatic carbocycles. The molecule has 2 aliphatic rings. The second kappa shape index (κ2) is 10.7. The van der Waals surface area contributed by atoms with Gasteiger partial charge < -0.3 is 18.7 Å². The minimum Gasteiger partial charge on any atom is -0.404 e. The summed E-state index contributed by atoms with van der Waals surface area (Å²) in [4.78, 5) is 24.0. The fraction of sp³-hybridized carbons (Fsp3) is 0.481. The molecule has 2 aromatic carbocycles. The van der Waals surface area contributed by atoms with Crippen LogP contribution in [0.25, 0.3) is 0 Å². The predicted molar refractivity (Wildman–Crippen MR) is 153 cm³/mol. The molecule has 0 aromatic heterocycles. The standard InChI is InChI=1S/C15H25NO2Si2.C12H17NO2Si/c1-19(2,3)16-13(12-10-8-7-9-11-12)14(15(16)17)18-20(4,5)6;1-16(2,3)15-11-10(13-12(11)14)9-7-5-4-6-8-9/h7-11,13-14H,1-6H3;4-8,10-11H,1-3H3,(H,13,14)/t13-,14+;10-,11+/m00/s1. The first kappa shape index (κ1) is 28.5. The van der Waals surface area contributed by atoms with Crippen LogP contribution in [0.1, 0.15) is 23.2 Å². The van der Waals surface area contributed by atoms with Gasteiger partial charge in [0.2, 0.25) is 5.91 Å². The topological polar surface area (TPSA) is 67.9 Å². The second-order valence-electron chi connectivity index (χ2n) is 12.4. The van der Waals surface area contributed by atoms with Gasteiger partial charge >= 0.3 is 0 Å². The maximum absolute atomic E-state index is 12.5. The van der Waals surface area contributed by atoms with E-state index in [0.29, 0.717) is 0 Å². The van der Waals surface area contributed by atoms with Crippen molar-refractivity contribution in [1.29, 1.82) is 0 Å². The van der Waals surface area contributed by atoms with Crippen LogP contribution >= 0.6 is 0 Å². The number of hydrogen-bond donors (Lipinski definition) is 1. The Balaban J connectivity index is 0.000000205. The molecule has 0 spiro atoms. The van der Waals surface area contributed by atoms with E-state index >= 15 is 0 Å². The lowest BCUT2D eigenvalue weighted by Gasteiger charge is -2.54. The second-order valence-corrected chi connectivity index (χ2v) is 26.2. The number of amides is 2. The van der Waals surface area contributed by atoms with Crippen molar-refractivity contribution in [3.8, 4) is 0 Å². The number of hydrogen-bond acceptors (Lipinski definition) is 4. The first-order valence-corrected chi connectivity index (χ1v) is 22.9. The highest BCUT2D eigenvalue weighted by Crippen LogP contribution is 2.41. The molecule has 196 valence electrons. The number of carbonyl (C=O) groups excluding carboxylic acids is 2. The summed E-state index contributed by atoms with van der Waals surface area (Å²) in [5.41, 5.74) is 2.31. The Hall–Kier alpha value is -2.05. The van der Waals surface area contributed by atoms with Crippen molar-refractivity contribution in [2.45, 2.75) is 83.2 Å². The van der Waals surface area contributed by atoms with E-state index < -0.39 is 24.9 Å². The zero-order chi connectivity index (χ0) is 26.9. The Kier molecular flexibility index (Phi) is 8.51. The Morgan fingerprint density at radius 1 is 0.667 bits per heavy atom. The van der Waals surface area contributed by atoms with Gasteiger partial charge in [-0.25, -0.2) is 0 Å². The van der Waals surface area contributed by atoms with E-state index in [2.05, 4.69) is 80.9 Å². The summed E-state index contributed by atoms with van der Waals surface area (Å²) < 4.78 is 14.1. The monoisotopic (exact) mass is 542 g/mol. The number of rotatable bonds is 7. The maximum Gasteiger partial charge on any atom is 0.251 e. The molecule has 4 atom stereocenters. The number of nitrogens with zero attached hydrogens (tertiary/aromatic N) is 1. The van der Waals surface area contributed by atoms with Gasteiger partial charge in [-0.1, -0.05) is 80.3 Å². The molecule has 36 heavy (non-hydrogen) atoms. The Morgan fingerprint density at radius 2 is 1.11 bits per heavy atom. The molecule has 9 heteroatoms. The van der Waals surface area contributed by atoms with Crippen LogP contribution in [0.3, 0.4) is 0 Å². The van der Waals surface area contributed by atoms with Gasteiger partial charge in [0.15, 0.2) is 24.9 Å². The molecule has 0 radical (unpaired) electrons. The van der Waals surface area contributed by atoms with Crippen LogP contribution in [0.4, 0.5) is 0 Å². The van der Waals surface area contributed by atoms with E-state index in [1.165, 1.54) is 5.56 Å². The molecule has 2 amide bonds. The van der Waals surface area contributed by atoms with Crippen LogP contribution in [0.2, 0.25) is 58.9 Å². The summed E-state index contributed by atoms with van der Waals surface area (Å²) >= 11 is 0. The maximum atomic E-state index is 12.5. The minimum atomic E-state index is -1.73. The summed E-state index contributed by atoms with van der Waals surface area (Å²) in [6, 6.07) is 20.4. The zero-order valence-electron chi connectivity index (χ0n) is 23.2. The first-order valence-electron chi connectivity index (χ1n) is 12.7.